The molecule has 3 aliphatic rings. The number of rotatable bonds is 5. The van der Waals surface area contributed by atoms with Gasteiger partial charge in [-0.1, -0.05) is 24.6 Å². The molecule has 37 heavy (non-hydrogen) atoms. The van der Waals surface area contributed by atoms with E-state index in [0.29, 0.717) is 18.0 Å². The highest BCUT2D eigenvalue weighted by molar-refractivity contribution is 5.89. The first-order valence-corrected chi connectivity index (χ1v) is 13.5. The zero-order valence-electron chi connectivity index (χ0n) is 21.8. The Morgan fingerprint density at radius 2 is 1.92 bits per heavy atom. The van der Waals surface area contributed by atoms with E-state index < -0.39 is 0 Å². The van der Waals surface area contributed by atoms with Crippen LogP contribution < -0.4 is 4.74 Å². The molecule has 1 atom stereocenters. The molecule has 196 valence electrons. The van der Waals surface area contributed by atoms with E-state index in [1.54, 1.807) is 13.2 Å². The van der Waals surface area contributed by atoms with Crippen LogP contribution in [0.25, 0.3) is 10.9 Å². The van der Waals surface area contributed by atoms with Crippen LogP contribution in [0.4, 0.5) is 4.39 Å². The fourth-order valence-electron chi connectivity index (χ4n) is 6.95. The Bertz CT molecular complexity index is 1320. The maximum Gasteiger partial charge on any atom is 0.225 e. The molecule has 1 saturated heterocycles. The second kappa shape index (κ2) is 9.44. The van der Waals surface area contributed by atoms with Crippen LogP contribution in [0, 0.1) is 11.7 Å². The molecule has 1 N–H and O–H groups in total. The lowest BCUT2D eigenvalue weighted by Gasteiger charge is -2.51. The zero-order valence-corrected chi connectivity index (χ0v) is 21.8. The molecule has 1 amide bonds. The Morgan fingerprint density at radius 1 is 1.16 bits per heavy atom. The van der Waals surface area contributed by atoms with Gasteiger partial charge in [0.2, 0.25) is 5.91 Å². The monoisotopic (exact) mass is 505 g/mol. The van der Waals surface area contributed by atoms with E-state index in [-0.39, 0.29) is 29.8 Å². The van der Waals surface area contributed by atoms with Crippen molar-refractivity contribution in [3.8, 4) is 5.75 Å². The van der Waals surface area contributed by atoms with E-state index in [4.69, 9.17) is 4.74 Å². The van der Waals surface area contributed by atoms with Gasteiger partial charge < -0.3 is 19.3 Å². The van der Waals surface area contributed by atoms with Gasteiger partial charge in [0.1, 0.15) is 11.6 Å². The SMILES string of the molecule is COc1ccc2c3c(n(C)c2c1)[C@@H](CO)N(Cc1ccccc1F)CC31CCN(C(=O)C2CCC2)CC1. The fraction of sp³-hybridized carbons (Fsp3) is 0.500. The largest absolute Gasteiger partial charge is 0.497 e. The third-order valence-electron chi connectivity index (χ3n) is 9.24. The number of nitrogens with zero attached hydrogens (tertiary/aromatic N) is 3. The topological polar surface area (TPSA) is 57.9 Å². The summed E-state index contributed by atoms with van der Waals surface area (Å²) in [5.41, 5.74) is 3.90. The molecule has 3 aromatic rings. The van der Waals surface area contributed by atoms with Gasteiger partial charge in [0.15, 0.2) is 0 Å². The summed E-state index contributed by atoms with van der Waals surface area (Å²) in [6.45, 7) is 2.56. The van der Waals surface area contributed by atoms with Crippen molar-refractivity contribution in [3.63, 3.8) is 0 Å². The standard InChI is InChI=1S/C30H36FN3O3/c1-32-25-16-22(37-2)10-11-23(25)27-28(32)26(18-35)34(17-21-6-3-4-9-24(21)31)19-30(27)12-14-33(15-13-30)29(36)20-7-5-8-20/h3-4,6,9-11,16,20,26,35H,5,7-8,12-15,17-19H2,1-2H3/t26-/m1/s1. The molecule has 2 aromatic carbocycles. The number of hydrogen-bond donors (Lipinski definition) is 1. The van der Waals surface area contributed by atoms with Crippen LogP contribution in [0.2, 0.25) is 0 Å². The second-order valence-electron chi connectivity index (χ2n) is 11.1. The molecule has 7 heteroatoms. The molecule has 0 bridgehead atoms. The summed E-state index contributed by atoms with van der Waals surface area (Å²) < 4.78 is 22.5. The van der Waals surface area contributed by atoms with Crippen molar-refractivity contribution in [2.45, 2.75) is 50.1 Å². The summed E-state index contributed by atoms with van der Waals surface area (Å²) in [6.07, 6.45) is 4.91. The van der Waals surface area contributed by atoms with Gasteiger partial charge in [-0.05, 0) is 49.4 Å². The summed E-state index contributed by atoms with van der Waals surface area (Å²) in [7, 11) is 3.73. The van der Waals surface area contributed by atoms with Crippen LogP contribution >= 0.6 is 0 Å². The van der Waals surface area contributed by atoms with E-state index in [1.807, 2.05) is 18.2 Å². The van der Waals surface area contributed by atoms with E-state index in [9.17, 15) is 14.3 Å². The Morgan fingerprint density at radius 3 is 2.57 bits per heavy atom. The molecule has 0 unspecified atom stereocenters. The minimum atomic E-state index is -0.252. The molecule has 2 fully saturated rings. The summed E-state index contributed by atoms with van der Waals surface area (Å²) in [6, 6.07) is 12.9. The quantitative estimate of drug-likeness (QED) is 0.553. The first-order valence-electron chi connectivity index (χ1n) is 13.5. The fourth-order valence-corrected chi connectivity index (χ4v) is 6.95. The number of carbonyl (C=O) groups is 1. The van der Waals surface area contributed by atoms with Crippen molar-refractivity contribution in [3.05, 3.63) is 65.1 Å². The number of aliphatic hydroxyl groups is 1. The maximum absolute atomic E-state index is 14.7. The molecule has 6 nitrogen and oxygen atoms in total. The van der Waals surface area contributed by atoms with Crippen LogP contribution in [0.1, 0.15) is 55.0 Å². The van der Waals surface area contributed by atoms with Crippen LogP contribution in [0.5, 0.6) is 5.75 Å². The Hall–Kier alpha value is -2.90. The lowest BCUT2D eigenvalue weighted by molar-refractivity contribution is -0.140. The number of aryl methyl sites for hydroxylation is 1. The minimum Gasteiger partial charge on any atom is -0.497 e. The molecular weight excluding hydrogens is 469 g/mol. The van der Waals surface area contributed by atoms with Crippen LogP contribution in [-0.2, 0) is 23.8 Å². The third kappa shape index (κ3) is 3.94. The van der Waals surface area contributed by atoms with Crippen molar-refractivity contribution in [1.82, 2.24) is 14.4 Å². The molecule has 3 heterocycles. The van der Waals surface area contributed by atoms with Gasteiger partial charge in [-0.3, -0.25) is 9.69 Å². The van der Waals surface area contributed by atoms with E-state index in [2.05, 4.69) is 33.5 Å². The van der Waals surface area contributed by atoms with E-state index >= 15 is 0 Å². The van der Waals surface area contributed by atoms with Gasteiger partial charge >= 0.3 is 0 Å². The van der Waals surface area contributed by atoms with Crippen LogP contribution in [0.3, 0.4) is 0 Å². The summed E-state index contributed by atoms with van der Waals surface area (Å²) >= 11 is 0. The second-order valence-corrected chi connectivity index (χ2v) is 11.1. The molecule has 1 spiro atoms. The molecule has 1 aromatic heterocycles. The number of carbonyl (C=O) groups excluding carboxylic acids is 1. The summed E-state index contributed by atoms with van der Waals surface area (Å²) in [4.78, 5) is 17.4. The zero-order chi connectivity index (χ0) is 25.7. The van der Waals surface area contributed by atoms with Crippen LogP contribution in [-0.4, -0.2) is 58.7 Å². The normalized spacial score (nSPS) is 21.7. The number of aliphatic hydroxyl groups excluding tert-OH is 1. The number of methoxy groups -OCH3 is 1. The van der Waals surface area contributed by atoms with Gasteiger partial charge in [-0.15, -0.1) is 0 Å². The molecule has 0 radical (unpaired) electrons. The van der Waals surface area contributed by atoms with E-state index in [1.165, 1.54) is 17.0 Å². The number of hydrogen-bond acceptors (Lipinski definition) is 4. The van der Waals surface area contributed by atoms with Gasteiger partial charge in [-0.25, -0.2) is 4.39 Å². The number of benzene rings is 2. The average molecular weight is 506 g/mol. The Balaban J connectivity index is 1.44. The lowest BCUT2D eigenvalue weighted by atomic mass is 9.68. The van der Waals surface area contributed by atoms with Gasteiger partial charge in [0.05, 0.1) is 25.3 Å². The van der Waals surface area contributed by atoms with Crippen LogP contribution in [0.15, 0.2) is 42.5 Å². The highest BCUT2D eigenvalue weighted by Gasteiger charge is 2.49. The number of amides is 1. The van der Waals surface area contributed by atoms with E-state index in [0.717, 1.165) is 68.7 Å². The first kappa shape index (κ1) is 24.4. The number of likely N-dealkylation sites (tertiary alicyclic amines) is 1. The van der Waals surface area contributed by atoms with Crippen molar-refractivity contribution in [2.24, 2.45) is 13.0 Å². The molecule has 6 rings (SSSR count). The molecule has 1 aliphatic carbocycles. The average Bonchev–Trinajstić information content (AvgIpc) is 3.17. The number of piperidine rings is 1. The number of ether oxygens (including phenoxy) is 1. The van der Waals surface area contributed by atoms with Gasteiger partial charge in [0, 0.05) is 67.3 Å². The smallest absolute Gasteiger partial charge is 0.225 e. The van der Waals surface area contributed by atoms with Crippen molar-refractivity contribution >= 4 is 16.8 Å². The highest BCUT2D eigenvalue weighted by Crippen LogP contribution is 2.50. The predicted octanol–water partition coefficient (Wildman–Crippen LogP) is 4.54. The molecule has 1 saturated carbocycles. The Labute approximate surface area is 217 Å². The maximum atomic E-state index is 14.7. The predicted molar refractivity (Wildman–Crippen MR) is 141 cm³/mol. The highest BCUT2D eigenvalue weighted by atomic mass is 19.1. The van der Waals surface area contributed by atoms with Gasteiger partial charge in [0.25, 0.3) is 0 Å². The Kier molecular flexibility index (Phi) is 6.24. The van der Waals surface area contributed by atoms with Crippen molar-refractivity contribution in [1.29, 1.82) is 0 Å². The summed E-state index contributed by atoms with van der Waals surface area (Å²) in [5.74, 6) is 1.10. The first-order chi connectivity index (χ1) is 18.0. The van der Waals surface area contributed by atoms with Gasteiger partial charge in [-0.2, -0.15) is 0 Å². The van der Waals surface area contributed by atoms with Crippen molar-refractivity contribution in [2.75, 3.05) is 33.4 Å². The number of aromatic nitrogens is 1. The number of halogens is 1. The minimum absolute atomic E-state index is 0.0505. The molecule has 2 aliphatic heterocycles. The number of fused-ring (bicyclic) bond motifs is 4. The third-order valence-corrected chi connectivity index (χ3v) is 9.24. The summed E-state index contributed by atoms with van der Waals surface area (Å²) in [5, 5.41) is 11.9. The molecular formula is C30H36FN3O3. The van der Waals surface area contributed by atoms with Crippen molar-refractivity contribution < 1.29 is 19.0 Å². The lowest BCUT2D eigenvalue weighted by Crippen LogP contribution is -2.55.